The molecule has 0 amide bonds. The van der Waals surface area contributed by atoms with E-state index in [0.717, 1.165) is 15.0 Å². The topological polar surface area (TPSA) is 0 Å². The average Bonchev–Trinajstić information content (AvgIpc) is 3.29. The minimum Gasteiger partial charge on any atom is -0.269 e. The Balaban J connectivity index is 0.000000221. The second kappa shape index (κ2) is 11.6. The number of hydrogen-bond donors (Lipinski definition) is 0. The molecule has 3 aromatic carbocycles. The zero-order valence-electron chi connectivity index (χ0n) is 17.2. The van der Waals surface area contributed by atoms with Crippen LogP contribution in [0.4, 0.5) is 0 Å². The zero-order valence-corrected chi connectivity index (χ0v) is 19.7. The van der Waals surface area contributed by atoms with Crippen molar-refractivity contribution in [2.75, 3.05) is 0 Å². The maximum atomic E-state index is 3.30. The van der Waals surface area contributed by atoms with E-state index in [4.69, 9.17) is 0 Å². The minimum atomic E-state index is 0. The van der Waals surface area contributed by atoms with Gasteiger partial charge in [-0.15, -0.1) is 55.3 Å². The maximum Gasteiger partial charge on any atom is 2.00 e. The van der Waals surface area contributed by atoms with Crippen LogP contribution in [-0.4, -0.2) is 0 Å². The van der Waals surface area contributed by atoms with Crippen LogP contribution in [0.5, 0.6) is 0 Å². The van der Waals surface area contributed by atoms with Gasteiger partial charge in [0.1, 0.15) is 0 Å². The Morgan fingerprint density at radius 2 is 1.75 bits per heavy atom. The fourth-order valence-electron chi connectivity index (χ4n) is 3.37. The molecule has 1 aliphatic carbocycles. The van der Waals surface area contributed by atoms with Crippen molar-refractivity contribution in [3.63, 3.8) is 0 Å². The Labute approximate surface area is 187 Å². The molecule has 1 atom stereocenters. The summed E-state index contributed by atoms with van der Waals surface area (Å²) in [5.74, 6) is 0. The smallest absolute Gasteiger partial charge is 0.269 e. The van der Waals surface area contributed by atoms with Crippen LogP contribution in [0.1, 0.15) is 45.1 Å². The van der Waals surface area contributed by atoms with E-state index >= 15 is 0 Å². The molecule has 1 aliphatic rings. The molecule has 0 spiro atoms. The van der Waals surface area contributed by atoms with Crippen molar-refractivity contribution in [3.05, 3.63) is 89.5 Å². The van der Waals surface area contributed by atoms with Crippen LogP contribution >= 0.6 is 8.58 Å². The van der Waals surface area contributed by atoms with E-state index in [1.165, 1.54) is 57.4 Å². The van der Waals surface area contributed by atoms with Gasteiger partial charge >= 0.3 is 21.7 Å². The number of benzene rings is 2. The molecule has 0 aliphatic heterocycles. The summed E-state index contributed by atoms with van der Waals surface area (Å²) in [6.07, 6.45) is 10.5. The largest absolute Gasteiger partial charge is 2.00 e. The molecule has 0 nitrogen and oxygen atoms in total. The van der Waals surface area contributed by atoms with Crippen LogP contribution in [0, 0.1) is 13.0 Å². The van der Waals surface area contributed by atoms with Gasteiger partial charge in [0.15, 0.2) is 0 Å². The summed E-state index contributed by atoms with van der Waals surface area (Å²) in [7, 11) is 0.754. The predicted octanol–water partition coefficient (Wildman–Crippen LogP) is 6.75. The summed E-state index contributed by atoms with van der Waals surface area (Å²) in [6.45, 7) is 6.58. The maximum absolute atomic E-state index is 3.30. The summed E-state index contributed by atoms with van der Waals surface area (Å²) in [6, 6.07) is 21.7. The fourth-order valence-corrected chi connectivity index (χ4v) is 4.65. The normalized spacial score (nSPS) is 13.1. The molecule has 0 saturated heterocycles. The van der Waals surface area contributed by atoms with Crippen molar-refractivity contribution < 1.29 is 21.7 Å². The van der Waals surface area contributed by atoms with Gasteiger partial charge in [0.05, 0.1) is 0 Å². The third kappa shape index (κ3) is 6.08. The Hall–Kier alpha value is -1.33. The monoisotopic (exact) mass is 420 g/mol. The van der Waals surface area contributed by atoms with Crippen molar-refractivity contribution in [3.8, 4) is 0 Å². The third-order valence-corrected chi connectivity index (χ3v) is 6.63. The summed E-state index contributed by atoms with van der Waals surface area (Å²) in [5, 5.41) is 5.65. The van der Waals surface area contributed by atoms with E-state index in [1.54, 1.807) is 0 Å². The van der Waals surface area contributed by atoms with Crippen molar-refractivity contribution >= 4 is 30.0 Å². The Morgan fingerprint density at radius 3 is 2.46 bits per heavy atom. The predicted molar refractivity (Wildman–Crippen MR) is 123 cm³/mol. The van der Waals surface area contributed by atoms with Crippen molar-refractivity contribution in [2.45, 2.75) is 46.5 Å². The zero-order chi connectivity index (χ0) is 19.1. The summed E-state index contributed by atoms with van der Waals surface area (Å²) in [5.41, 5.74) is 4.30. The van der Waals surface area contributed by atoms with E-state index in [0.29, 0.717) is 0 Å². The number of fused-ring (bicyclic) bond motifs is 1. The van der Waals surface area contributed by atoms with E-state index in [9.17, 15) is 0 Å². The fraction of sp³-hybridized carbons (Fsp3) is 0.269. The molecule has 142 valence electrons. The van der Waals surface area contributed by atoms with Gasteiger partial charge in [-0.1, -0.05) is 63.4 Å². The van der Waals surface area contributed by atoms with Crippen LogP contribution < -0.4 is 10.6 Å². The van der Waals surface area contributed by atoms with Crippen LogP contribution in [0.15, 0.2) is 77.9 Å². The molecule has 0 aromatic heterocycles. The molecule has 0 saturated carbocycles. The first-order valence-corrected chi connectivity index (χ1v) is 10.9. The molecule has 28 heavy (non-hydrogen) atoms. The van der Waals surface area contributed by atoms with Gasteiger partial charge in [-0.2, -0.15) is 17.7 Å². The van der Waals surface area contributed by atoms with Crippen LogP contribution in [-0.2, 0) is 21.7 Å². The molecular formula is C26H29PTi. The third-order valence-electron chi connectivity index (χ3n) is 5.09. The quantitative estimate of drug-likeness (QED) is 0.243. The Bertz CT molecular complexity index is 946. The number of rotatable bonds is 5. The van der Waals surface area contributed by atoms with E-state index < -0.39 is 0 Å². The number of unbranched alkanes of at least 4 members (excludes halogenated alkanes) is 1. The van der Waals surface area contributed by atoms with E-state index in [2.05, 4.69) is 93.6 Å². The first-order chi connectivity index (χ1) is 13.2. The van der Waals surface area contributed by atoms with Crippen molar-refractivity contribution in [1.29, 1.82) is 0 Å². The molecule has 2 heteroatoms. The molecule has 0 heterocycles. The summed E-state index contributed by atoms with van der Waals surface area (Å²) >= 11 is 0. The first kappa shape index (κ1) is 23.0. The molecule has 0 N–H and O–H groups in total. The SMILES string of the molecule is CCCCC1=CC[C-]=C1C.Cc1ccccc1P[c-]1ccc2ccccc21.[Ti+2]. The van der Waals surface area contributed by atoms with Crippen LogP contribution in [0.2, 0.25) is 0 Å². The van der Waals surface area contributed by atoms with E-state index in [-0.39, 0.29) is 21.7 Å². The second-order valence-electron chi connectivity index (χ2n) is 7.11. The van der Waals surface area contributed by atoms with E-state index in [1.807, 2.05) is 0 Å². The summed E-state index contributed by atoms with van der Waals surface area (Å²) < 4.78 is 0. The average molecular weight is 420 g/mol. The van der Waals surface area contributed by atoms with Gasteiger partial charge in [-0.05, 0) is 17.8 Å². The van der Waals surface area contributed by atoms with Gasteiger partial charge < -0.3 is 0 Å². The van der Waals surface area contributed by atoms with Crippen molar-refractivity contribution in [1.82, 2.24) is 0 Å². The molecular weight excluding hydrogens is 391 g/mol. The number of allylic oxidation sites excluding steroid dienone is 4. The number of aryl methyl sites for hydroxylation is 1. The van der Waals surface area contributed by atoms with Gasteiger partial charge in [-0.25, -0.2) is 5.57 Å². The number of hydrogen-bond acceptors (Lipinski definition) is 0. The molecule has 0 fully saturated rings. The van der Waals surface area contributed by atoms with Gasteiger partial charge in [0.2, 0.25) is 0 Å². The molecule has 0 radical (unpaired) electrons. The first-order valence-electron chi connectivity index (χ1n) is 9.93. The van der Waals surface area contributed by atoms with Crippen LogP contribution in [0.25, 0.3) is 10.8 Å². The standard InChI is InChI=1S/C16H14P.C10H15.Ti/c1-12-6-2-5-9-15(12)17-16-11-10-13-7-3-4-8-14(13)16;1-3-4-7-10-8-5-6-9(10)2;/h2-11,17H,1H3;8H,3-5,7H2,1-2H3;/q2*-1;+2. The van der Waals surface area contributed by atoms with Crippen LogP contribution in [0.3, 0.4) is 0 Å². The summed E-state index contributed by atoms with van der Waals surface area (Å²) in [4.78, 5) is 0. The Kier molecular flexibility index (Phi) is 9.53. The second-order valence-corrected chi connectivity index (χ2v) is 8.44. The Morgan fingerprint density at radius 1 is 1.00 bits per heavy atom. The molecule has 1 unspecified atom stereocenters. The molecule has 0 bridgehead atoms. The van der Waals surface area contributed by atoms with Gasteiger partial charge in [0.25, 0.3) is 0 Å². The molecule has 4 rings (SSSR count). The van der Waals surface area contributed by atoms with Gasteiger partial charge in [0, 0.05) is 0 Å². The van der Waals surface area contributed by atoms with Gasteiger partial charge in [-0.3, -0.25) is 6.08 Å². The minimum absolute atomic E-state index is 0. The van der Waals surface area contributed by atoms with Crippen molar-refractivity contribution in [2.24, 2.45) is 0 Å². The molecule has 3 aromatic rings.